The van der Waals surface area contributed by atoms with Gasteiger partial charge in [0.05, 0.1) is 0 Å². The summed E-state index contributed by atoms with van der Waals surface area (Å²) in [7, 11) is 0. The molecule has 0 spiro atoms. The van der Waals surface area contributed by atoms with Gasteiger partial charge < -0.3 is 9.84 Å². The van der Waals surface area contributed by atoms with Gasteiger partial charge in [-0.2, -0.15) is 4.98 Å². The third kappa shape index (κ3) is 6.39. The minimum absolute atomic E-state index is 0.000490. The number of hydrogen-bond donors (Lipinski definition) is 1. The van der Waals surface area contributed by atoms with Gasteiger partial charge in [0, 0.05) is 44.4 Å². The van der Waals surface area contributed by atoms with Crippen LogP contribution in [-0.4, -0.2) is 34.0 Å². The van der Waals surface area contributed by atoms with E-state index >= 15 is 0 Å². The molecule has 3 rings (SSSR count). The Labute approximate surface area is 180 Å². The minimum Gasteiger partial charge on any atom is -0.352 e. The maximum atomic E-state index is 12.4. The molecule has 1 aliphatic heterocycles. The highest BCUT2D eigenvalue weighted by Gasteiger charge is 2.23. The summed E-state index contributed by atoms with van der Waals surface area (Å²) in [5.74, 6) is 2.67. The molecule has 1 aliphatic rings. The molecule has 164 valence electrons. The Balaban J connectivity index is 1.50. The normalized spacial score (nSPS) is 20.3. The zero-order chi connectivity index (χ0) is 21.7. The number of nitrogens with one attached hydrogen (secondary N) is 1. The standard InChI is InChI=1S/C24H36N4O2/c1-17-12-18(2)15-28(14-17)16-20-9-7-6-8-19(20)13-25-21(29)10-11-22-26-23(27-30-22)24(3,4)5/h6-9,17-18H,10-16H2,1-5H3,(H,25,29). The number of piperidine rings is 1. The Morgan fingerprint density at radius 3 is 2.47 bits per heavy atom. The van der Waals surface area contributed by atoms with Crippen LogP contribution < -0.4 is 5.32 Å². The lowest BCUT2D eigenvalue weighted by Gasteiger charge is -2.35. The molecule has 0 aliphatic carbocycles. The molecule has 6 heteroatoms. The molecule has 0 saturated carbocycles. The molecule has 1 saturated heterocycles. The van der Waals surface area contributed by atoms with Gasteiger partial charge in [-0.25, -0.2) is 0 Å². The maximum absolute atomic E-state index is 12.4. The maximum Gasteiger partial charge on any atom is 0.227 e. The lowest BCUT2D eigenvalue weighted by Crippen LogP contribution is -2.38. The third-order valence-corrected chi connectivity index (χ3v) is 5.64. The van der Waals surface area contributed by atoms with Gasteiger partial charge in [-0.1, -0.05) is 64.0 Å². The van der Waals surface area contributed by atoms with Gasteiger partial charge in [-0.15, -0.1) is 0 Å². The molecule has 0 radical (unpaired) electrons. The quantitative estimate of drug-likeness (QED) is 0.741. The summed E-state index contributed by atoms with van der Waals surface area (Å²) in [6.45, 7) is 14.6. The van der Waals surface area contributed by atoms with E-state index in [9.17, 15) is 4.79 Å². The largest absolute Gasteiger partial charge is 0.352 e. The summed E-state index contributed by atoms with van der Waals surface area (Å²) in [6, 6.07) is 8.41. The predicted octanol–water partition coefficient (Wildman–Crippen LogP) is 4.09. The Morgan fingerprint density at radius 1 is 1.17 bits per heavy atom. The smallest absolute Gasteiger partial charge is 0.227 e. The molecule has 2 heterocycles. The molecule has 2 aromatic rings. The minimum atomic E-state index is -0.155. The Kier molecular flexibility index (Phi) is 7.29. The van der Waals surface area contributed by atoms with Crippen molar-refractivity contribution in [2.24, 2.45) is 11.8 Å². The first-order chi connectivity index (χ1) is 14.2. The van der Waals surface area contributed by atoms with E-state index < -0.39 is 0 Å². The van der Waals surface area contributed by atoms with Gasteiger partial charge in [0.2, 0.25) is 11.8 Å². The molecule has 1 fully saturated rings. The summed E-state index contributed by atoms with van der Waals surface area (Å²) in [6.07, 6.45) is 2.11. The van der Waals surface area contributed by atoms with Crippen LogP contribution in [0.2, 0.25) is 0 Å². The first kappa shape index (κ1) is 22.5. The number of rotatable bonds is 7. The zero-order valence-corrected chi connectivity index (χ0v) is 19.1. The fourth-order valence-corrected chi connectivity index (χ4v) is 4.21. The van der Waals surface area contributed by atoms with Crippen LogP contribution >= 0.6 is 0 Å². The van der Waals surface area contributed by atoms with Crippen LogP contribution in [0.25, 0.3) is 0 Å². The van der Waals surface area contributed by atoms with Crippen molar-refractivity contribution in [1.82, 2.24) is 20.4 Å². The fourth-order valence-electron chi connectivity index (χ4n) is 4.21. The molecule has 2 unspecified atom stereocenters. The number of carbonyl (C=O) groups excluding carboxylic acids is 1. The fraction of sp³-hybridized carbons (Fsp3) is 0.625. The number of aryl methyl sites for hydroxylation is 1. The first-order valence-electron chi connectivity index (χ1n) is 11.1. The molecule has 0 bridgehead atoms. The van der Waals surface area contributed by atoms with Gasteiger partial charge in [-0.05, 0) is 29.4 Å². The lowest BCUT2D eigenvalue weighted by atomic mass is 9.91. The van der Waals surface area contributed by atoms with Crippen molar-refractivity contribution in [1.29, 1.82) is 0 Å². The highest BCUT2D eigenvalue weighted by Crippen LogP contribution is 2.23. The summed E-state index contributed by atoms with van der Waals surface area (Å²) < 4.78 is 5.28. The van der Waals surface area contributed by atoms with E-state index in [0.717, 1.165) is 31.5 Å². The van der Waals surface area contributed by atoms with E-state index in [4.69, 9.17) is 4.52 Å². The van der Waals surface area contributed by atoms with Crippen LogP contribution in [0, 0.1) is 11.8 Å². The second-order valence-corrected chi connectivity index (χ2v) is 9.95. The predicted molar refractivity (Wildman–Crippen MR) is 118 cm³/mol. The van der Waals surface area contributed by atoms with Crippen LogP contribution in [0.5, 0.6) is 0 Å². The Hall–Kier alpha value is -2.21. The van der Waals surface area contributed by atoms with Gasteiger partial charge in [0.25, 0.3) is 0 Å². The monoisotopic (exact) mass is 412 g/mol. The molecular weight excluding hydrogens is 376 g/mol. The molecular formula is C24H36N4O2. The topological polar surface area (TPSA) is 71.3 Å². The Bertz CT molecular complexity index is 830. The first-order valence-corrected chi connectivity index (χ1v) is 11.1. The highest BCUT2D eigenvalue weighted by molar-refractivity contribution is 5.76. The molecule has 1 amide bonds. The number of amides is 1. The van der Waals surface area contributed by atoms with Gasteiger partial charge >= 0.3 is 0 Å². The molecule has 6 nitrogen and oxygen atoms in total. The lowest BCUT2D eigenvalue weighted by molar-refractivity contribution is -0.121. The number of nitrogens with zero attached hydrogens (tertiary/aromatic N) is 3. The van der Waals surface area contributed by atoms with Crippen molar-refractivity contribution in [3.05, 3.63) is 47.1 Å². The van der Waals surface area contributed by atoms with Crippen LogP contribution in [0.1, 0.15) is 70.3 Å². The van der Waals surface area contributed by atoms with Crippen LogP contribution in [0.4, 0.5) is 0 Å². The van der Waals surface area contributed by atoms with Crippen LogP contribution in [0.3, 0.4) is 0 Å². The van der Waals surface area contributed by atoms with E-state index in [0.29, 0.717) is 31.1 Å². The van der Waals surface area contributed by atoms with Crippen LogP contribution in [-0.2, 0) is 29.7 Å². The summed E-state index contributed by atoms with van der Waals surface area (Å²) in [5, 5.41) is 7.07. The summed E-state index contributed by atoms with van der Waals surface area (Å²) in [4.78, 5) is 19.3. The number of aromatic nitrogens is 2. The van der Waals surface area contributed by atoms with E-state index in [2.05, 4.69) is 52.4 Å². The van der Waals surface area contributed by atoms with Crippen molar-refractivity contribution < 1.29 is 9.32 Å². The summed E-state index contributed by atoms with van der Waals surface area (Å²) in [5.41, 5.74) is 2.33. The van der Waals surface area contributed by atoms with Crippen molar-refractivity contribution in [3.63, 3.8) is 0 Å². The number of hydrogen-bond acceptors (Lipinski definition) is 5. The number of benzene rings is 1. The molecule has 1 aromatic heterocycles. The van der Waals surface area contributed by atoms with Crippen molar-refractivity contribution in [3.8, 4) is 0 Å². The van der Waals surface area contributed by atoms with E-state index in [1.807, 2.05) is 26.8 Å². The molecule has 1 N–H and O–H groups in total. The molecule has 1 aromatic carbocycles. The van der Waals surface area contributed by atoms with E-state index in [1.165, 1.54) is 17.5 Å². The zero-order valence-electron chi connectivity index (χ0n) is 19.1. The van der Waals surface area contributed by atoms with Gasteiger partial charge in [0.15, 0.2) is 5.82 Å². The second kappa shape index (κ2) is 9.73. The van der Waals surface area contributed by atoms with Crippen molar-refractivity contribution in [2.45, 2.75) is 72.4 Å². The van der Waals surface area contributed by atoms with E-state index in [1.54, 1.807) is 0 Å². The SMILES string of the molecule is CC1CC(C)CN(Cc2ccccc2CNC(=O)CCc2nc(C(C)(C)C)no2)C1. The molecule has 30 heavy (non-hydrogen) atoms. The highest BCUT2D eigenvalue weighted by atomic mass is 16.5. The second-order valence-electron chi connectivity index (χ2n) is 9.95. The van der Waals surface area contributed by atoms with E-state index in [-0.39, 0.29) is 11.3 Å². The summed E-state index contributed by atoms with van der Waals surface area (Å²) >= 11 is 0. The molecule has 2 atom stereocenters. The number of carbonyl (C=O) groups is 1. The third-order valence-electron chi connectivity index (χ3n) is 5.64. The number of likely N-dealkylation sites (tertiary alicyclic amines) is 1. The van der Waals surface area contributed by atoms with Crippen molar-refractivity contribution >= 4 is 5.91 Å². The average molecular weight is 413 g/mol. The Morgan fingerprint density at radius 2 is 1.83 bits per heavy atom. The van der Waals surface area contributed by atoms with Gasteiger partial charge in [0.1, 0.15) is 0 Å². The average Bonchev–Trinajstić information content (AvgIpc) is 3.14. The van der Waals surface area contributed by atoms with Gasteiger partial charge in [-0.3, -0.25) is 9.69 Å². The van der Waals surface area contributed by atoms with Crippen molar-refractivity contribution in [2.75, 3.05) is 13.1 Å². The van der Waals surface area contributed by atoms with Crippen LogP contribution in [0.15, 0.2) is 28.8 Å².